The quantitative estimate of drug-likeness (QED) is 0.543. The lowest BCUT2D eigenvalue weighted by Crippen LogP contribution is -2.55. The summed E-state index contributed by atoms with van der Waals surface area (Å²) in [5.74, 6) is -1.58. The monoisotopic (exact) mass is 289 g/mol. The van der Waals surface area contributed by atoms with Gasteiger partial charge in [-0.05, 0) is 0 Å². The van der Waals surface area contributed by atoms with Gasteiger partial charge in [-0.15, -0.1) is 0 Å². The van der Waals surface area contributed by atoms with Gasteiger partial charge in [-0.25, -0.2) is 0 Å². The van der Waals surface area contributed by atoms with Crippen LogP contribution >= 0.6 is 0 Å². The molecule has 0 radical (unpaired) electrons. The molecule has 0 amide bonds. The fourth-order valence-corrected chi connectivity index (χ4v) is 1.97. The lowest BCUT2D eigenvalue weighted by molar-refractivity contribution is -0.214. The average Bonchev–Trinajstić information content (AvgIpc) is 2.28. The van der Waals surface area contributed by atoms with E-state index in [4.69, 9.17) is 24.7 Å². The van der Waals surface area contributed by atoms with Crippen molar-refractivity contribution < 1.29 is 33.3 Å². The van der Waals surface area contributed by atoms with Gasteiger partial charge in [0.25, 0.3) is 0 Å². The Labute approximate surface area is 116 Å². The first-order chi connectivity index (χ1) is 9.29. The van der Waals surface area contributed by atoms with Crippen molar-refractivity contribution in [3.8, 4) is 0 Å². The SMILES string of the molecule is CC(=O)OC[C@H]1O[C@@H](N)C[C@@H](OC(C)=O)[C@@H]1OC(C)=O. The van der Waals surface area contributed by atoms with Crippen LogP contribution in [0.4, 0.5) is 0 Å². The molecule has 8 heteroatoms. The molecule has 0 aliphatic carbocycles. The fourth-order valence-electron chi connectivity index (χ4n) is 1.97. The highest BCUT2D eigenvalue weighted by molar-refractivity contribution is 5.67. The van der Waals surface area contributed by atoms with E-state index in [-0.39, 0.29) is 13.0 Å². The van der Waals surface area contributed by atoms with Crippen LogP contribution in [0.25, 0.3) is 0 Å². The molecule has 0 aromatic rings. The molecular weight excluding hydrogens is 270 g/mol. The molecule has 1 aliphatic rings. The molecule has 4 atom stereocenters. The molecule has 1 heterocycles. The minimum absolute atomic E-state index is 0.140. The Balaban J connectivity index is 2.82. The predicted octanol–water partition coefficient (Wildman–Crippen LogP) is -0.513. The Bertz CT molecular complexity index is 384. The molecule has 0 saturated carbocycles. The zero-order valence-corrected chi connectivity index (χ0v) is 11.7. The maximum Gasteiger partial charge on any atom is 0.303 e. The Morgan fingerprint density at radius 2 is 1.70 bits per heavy atom. The molecule has 1 aliphatic heterocycles. The smallest absolute Gasteiger partial charge is 0.303 e. The maximum absolute atomic E-state index is 11.2. The second kappa shape index (κ2) is 7.20. The molecule has 1 fully saturated rings. The molecule has 0 bridgehead atoms. The number of rotatable bonds is 4. The lowest BCUT2D eigenvalue weighted by Gasteiger charge is -2.38. The third-order valence-corrected chi connectivity index (χ3v) is 2.62. The topological polar surface area (TPSA) is 114 Å². The zero-order chi connectivity index (χ0) is 15.3. The largest absolute Gasteiger partial charge is 0.463 e. The maximum atomic E-state index is 11.2. The number of esters is 3. The van der Waals surface area contributed by atoms with Gasteiger partial charge in [-0.1, -0.05) is 0 Å². The van der Waals surface area contributed by atoms with Crippen molar-refractivity contribution in [3.63, 3.8) is 0 Å². The van der Waals surface area contributed by atoms with Gasteiger partial charge in [0.05, 0.1) is 0 Å². The van der Waals surface area contributed by atoms with E-state index in [0.717, 1.165) is 0 Å². The standard InChI is InChI=1S/C12H19NO7/c1-6(14)17-5-10-12(19-8(3)16)9(18-7(2)15)4-11(13)20-10/h9-12H,4-5,13H2,1-3H3/t9-,10-,11-,12+/m1/s1. The highest BCUT2D eigenvalue weighted by Crippen LogP contribution is 2.24. The van der Waals surface area contributed by atoms with Crippen molar-refractivity contribution in [1.82, 2.24) is 0 Å². The van der Waals surface area contributed by atoms with Crippen LogP contribution in [0.2, 0.25) is 0 Å². The molecule has 114 valence electrons. The molecular formula is C12H19NO7. The summed E-state index contributed by atoms with van der Waals surface area (Å²) < 4.78 is 20.4. The minimum atomic E-state index is -0.865. The normalized spacial score (nSPS) is 29.4. The number of carbonyl (C=O) groups excluding carboxylic acids is 3. The summed E-state index contributed by atoms with van der Waals surface area (Å²) in [7, 11) is 0. The van der Waals surface area contributed by atoms with Gasteiger partial charge in [0.2, 0.25) is 0 Å². The Morgan fingerprint density at radius 3 is 2.20 bits per heavy atom. The number of carbonyl (C=O) groups is 3. The van der Waals surface area contributed by atoms with Gasteiger partial charge in [-0.2, -0.15) is 0 Å². The second-order valence-corrected chi connectivity index (χ2v) is 4.47. The van der Waals surface area contributed by atoms with Crippen LogP contribution in [0.15, 0.2) is 0 Å². The van der Waals surface area contributed by atoms with Crippen LogP contribution < -0.4 is 5.73 Å². The van der Waals surface area contributed by atoms with E-state index >= 15 is 0 Å². The van der Waals surface area contributed by atoms with Crippen LogP contribution in [-0.4, -0.2) is 49.1 Å². The first-order valence-electron chi connectivity index (χ1n) is 6.18. The molecule has 1 rings (SSSR count). The number of hydrogen-bond acceptors (Lipinski definition) is 8. The third-order valence-electron chi connectivity index (χ3n) is 2.62. The van der Waals surface area contributed by atoms with Crippen LogP contribution in [0, 0.1) is 0 Å². The first-order valence-corrected chi connectivity index (χ1v) is 6.18. The molecule has 0 spiro atoms. The molecule has 20 heavy (non-hydrogen) atoms. The van der Waals surface area contributed by atoms with E-state index in [9.17, 15) is 14.4 Å². The van der Waals surface area contributed by atoms with Crippen LogP contribution in [0.1, 0.15) is 27.2 Å². The molecule has 0 aromatic heterocycles. The van der Waals surface area contributed by atoms with Crippen molar-refractivity contribution in [2.24, 2.45) is 5.73 Å². The van der Waals surface area contributed by atoms with E-state index in [1.807, 2.05) is 0 Å². The van der Waals surface area contributed by atoms with Gasteiger partial charge in [0.15, 0.2) is 6.10 Å². The van der Waals surface area contributed by atoms with E-state index in [1.165, 1.54) is 20.8 Å². The van der Waals surface area contributed by atoms with E-state index in [0.29, 0.717) is 0 Å². The summed E-state index contributed by atoms with van der Waals surface area (Å²) in [4.78, 5) is 33.1. The third kappa shape index (κ3) is 5.14. The summed E-state index contributed by atoms with van der Waals surface area (Å²) in [6, 6.07) is 0. The van der Waals surface area contributed by atoms with Gasteiger partial charge in [-0.3, -0.25) is 14.4 Å². The van der Waals surface area contributed by atoms with Crippen molar-refractivity contribution in [2.75, 3.05) is 6.61 Å². The lowest BCUT2D eigenvalue weighted by atomic mass is 10.0. The average molecular weight is 289 g/mol. The fraction of sp³-hybridized carbons (Fsp3) is 0.750. The van der Waals surface area contributed by atoms with Crippen LogP contribution in [-0.2, 0) is 33.3 Å². The van der Waals surface area contributed by atoms with Gasteiger partial charge in [0.1, 0.15) is 25.0 Å². The minimum Gasteiger partial charge on any atom is -0.463 e. The van der Waals surface area contributed by atoms with Gasteiger partial charge >= 0.3 is 17.9 Å². The molecule has 1 saturated heterocycles. The molecule has 0 aromatic carbocycles. The van der Waals surface area contributed by atoms with E-state index < -0.39 is 42.4 Å². The van der Waals surface area contributed by atoms with E-state index in [2.05, 4.69) is 0 Å². The number of nitrogens with two attached hydrogens (primary N) is 1. The zero-order valence-electron chi connectivity index (χ0n) is 11.7. The highest BCUT2D eigenvalue weighted by atomic mass is 16.6. The molecule has 8 nitrogen and oxygen atoms in total. The summed E-state index contributed by atoms with van der Waals surface area (Å²) in [6.45, 7) is 3.57. The van der Waals surface area contributed by atoms with Crippen molar-refractivity contribution >= 4 is 17.9 Å². The first kappa shape index (κ1) is 16.4. The highest BCUT2D eigenvalue weighted by Gasteiger charge is 2.42. The van der Waals surface area contributed by atoms with Gasteiger partial charge in [0, 0.05) is 27.2 Å². The van der Waals surface area contributed by atoms with Gasteiger partial charge < -0.3 is 24.7 Å². The Kier molecular flexibility index (Phi) is 5.90. The summed E-state index contributed by atoms with van der Waals surface area (Å²) in [6.07, 6.45) is -2.90. The Morgan fingerprint density at radius 1 is 1.10 bits per heavy atom. The van der Waals surface area contributed by atoms with Crippen molar-refractivity contribution in [1.29, 1.82) is 0 Å². The van der Waals surface area contributed by atoms with Crippen molar-refractivity contribution in [3.05, 3.63) is 0 Å². The van der Waals surface area contributed by atoms with Crippen LogP contribution in [0.5, 0.6) is 0 Å². The second-order valence-electron chi connectivity index (χ2n) is 4.47. The number of hydrogen-bond donors (Lipinski definition) is 1. The molecule has 0 unspecified atom stereocenters. The summed E-state index contributed by atoms with van der Waals surface area (Å²) in [5, 5.41) is 0. The molecule has 2 N–H and O–H groups in total. The van der Waals surface area contributed by atoms with Crippen LogP contribution in [0.3, 0.4) is 0 Å². The van der Waals surface area contributed by atoms with E-state index in [1.54, 1.807) is 0 Å². The summed E-state index contributed by atoms with van der Waals surface area (Å²) >= 11 is 0. The van der Waals surface area contributed by atoms with Crippen molar-refractivity contribution in [2.45, 2.75) is 51.7 Å². The predicted molar refractivity (Wildman–Crippen MR) is 65.2 cm³/mol. The summed E-state index contributed by atoms with van der Waals surface area (Å²) in [5.41, 5.74) is 5.70. The Hall–Kier alpha value is -1.67. The number of ether oxygens (including phenoxy) is 4.